The Balaban J connectivity index is 1.78. The van der Waals surface area contributed by atoms with Crippen molar-refractivity contribution in [3.05, 3.63) is 46.7 Å². The molecule has 0 N–H and O–H groups in total. The van der Waals surface area contributed by atoms with Crippen LogP contribution < -0.4 is 4.90 Å². The largest absolute Gasteiger partial charge is 0.339 e. The minimum absolute atomic E-state index is 0.271. The van der Waals surface area contributed by atoms with Crippen molar-refractivity contribution in [2.45, 2.75) is 25.2 Å². The Hall–Kier alpha value is -1.70. The summed E-state index contributed by atoms with van der Waals surface area (Å²) < 4.78 is 27.2. The highest BCUT2D eigenvalue weighted by Crippen LogP contribution is 2.21. The van der Waals surface area contributed by atoms with E-state index >= 15 is 0 Å². The summed E-state index contributed by atoms with van der Waals surface area (Å²) in [5.74, 6) is 0.670. The molecule has 0 bridgehead atoms. The van der Waals surface area contributed by atoms with Gasteiger partial charge in [0.1, 0.15) is 0 Å². The highest BCUT2D eigenvalue weighted by molar-refractivity contribution is 7.89. The minimum atomic E-state index is -3.52. The molecule has 2 aromatic rings. The number of hydrogen-bond donors (Lipinski definition) is 0. The molecular weight excluding hydrogens is 360 g/mol. The molecule has 0 amide bonds. The molecule has 1 saturated heterocycles. The van der Waals surface area contributed by atoms with Crippen LogP contribution in [0, 0.1) is 13.8 Å². The fourth-order valence-corrected chi connectivity index (χ4v) is 4.53. The lowest BCUT2D eigenvalue weighted by Crippen LogP contribution is -2.35. The van der Waals surface area contributed by atoms with Crippen LogP contribution in [0.4, 0.5) is 5.95 Å². The maximum absolute atomic E-state index is 12.8. The highest BCUT2D eigenvalue weighted by atomic mass is 35.5. The van der Waals surface area contributed by atoms with Crippen molar-refractivity contribution in [2.75, 3.05) is 31.1 Å². The van der Waals surface area contributed by atoms with Crippen LogP contribution in [0.5, 0.6) is 0 Å². The first-order chi connectivity index (χ1) is 11.9. The van der Waals surface area contributed by atoms with E-state index in [4.69, 9.17) is 11.6 Å². The Bertz CT molecular complexity index is 835. The number of benzene rings is 1. The Morgan fingerprint density at radius 3 is 2.24 bits per heavy atom. The van der Waals surface area contributed by atoms with E-state index in [0.717, 1.165) is 24.4 Å². The van der Waals surface area contributed by atoms with E-state index in [0.29, 0.717) is 30.6 Å². The molecule has 0 atom stereocenters. The van der Waals surface area contributed by atoms with Gasteiger partial charge in [-0.25, -0.2) is 18.4 Å². The highest BCUT2D eigenvalue weighted by Gasteiger charge is 2.27. The molecule has 0 radical (unpaired) electrons. The van der Waals surface area contributed by atoms with Crippen LogP contribution in [0.3, 0.4) is 0 Å². The molecule has 1 aromatic heterocycles. The van der Waals surface area contributed by atoms with Gasteiger partial charge in [0.05, 0.1) is 4.90 Å². The molecule has 3 rings (SSSR count). The van der Waals surface area contributed by atoms with Crippen molar-refractivity contribution in [1.29, 1.82) is 0 Å². The smallest absolute Gasteiger partial charge is 0.243 e. The molecule has 0 saturated carbocycles. The predicted molar refractivity (Wildman–Crippen MR) is 98.5 cm³/mol. The van der Waals surface area contributed by atoms with Crippen molar-refractivity contribution in [1.82, 2.24) is 14.3 Å². The van der Waals surface area contributed by atoms with Crippen molar-refractivity contribution in [3.8, 4) is 0 Å². The molecule has 25 heavy (non-hydrogen) atoms. The first-order valence-electron chi connectivity index (χ1n) is 8.19. The summed E-state index contributed by atoms with van der Waals surface area (Å²) in [6.45, 7) is 6.05. The fourth-order valence-electron chi connectivity index (χ4n) is 2.94. The van der Waals surface area contributed by atoms with E-state index in [2.05, 4.69) is 14.9 Å². The molecular formula is C17H21ClN4O2S. The minimum Gasteiger partial charge on any atom is -0.339 e. The molecule has 134 valence electrons. The summed E-state index contributed by atoms with van der Waals surface area (Å²) in [5.41, 5.74) is 1.83. The second kappa shape index (κ2) is 7.27. The summed E-state index contributed by atoms with van der Waals surface area (Å²) in [6, 6.07) is 8.23. The van der Waals surface area contributed by atoms with E-state index in [1.54, 1.807) is 24.3 Å². The van der Waals surface area contributed by atoms with Gasteiger partial charge in [0.15, 0.2) is 0 Å². The SMILES string of the molecule is Cc1cc(C)nc(N2CCCN(S(=O)(=O)c3ccc(Cl)cc3)CC2)n1. The lowest BCUT2D eigenvalue weighted by molar-refractivity contribution is 0.433. The third-order valence-electron chi connectivity index (χ3n) is 4.16. The zero-order chi connectivity index (χ0) is 18.0. The van der Waals surface area contributed by atoms with Gasteiger partial charge >= 0.3 is 0 Å². The van der Waals surface area contributed by atoms with Gasteiger partial charge < -0.3 is 4.90 Å². The van der Waals surface area contributed by atoms with Gasteiger partial charge in [-0.1, -0.05) is 11.6 Å². The molecule has 1 aromatic carbocycles. The second-order valence-electron chi connectivity index (χ2n) is 6.15. The van der Waals surface area contributed by atoms with E-state index < -0.39 is 10.0 Å². The summed E-state index contributed by atoms with van der Waals surface area (Å²) in [5, 5.41) is 0.521. The summed E-state index contributed by atoms with van der Waals surface area (Å²) in [7, 11) is -3.52. The Labute approximate surface area is 153 Å². The first-order valence-corrected chi connectivity index (χ1v) is 10.0. The number of hydrogen-bond acceptors (Lipinski definition) is 5. The van der Waals surface area contributed by atoms with Crippen LogP contribution in [0.25, 0.3) is 0 Å². The van der Waals surface area contributed by atoms with Gasteiger partial charge in [0, 0.05) is 42.6 Å². The lowest BCUT2D eigenvalue weighted by atomic mass is 10.3. The normalized spacial score (nSPS) is 16.7. The fraction of sp³-hybridized carbons (Fsp3) is 0.412. The van der Waals surface area contributed by atoms with E-state index in [9.17, 15) is 8.42 Å². The van der Waals surface area contributed by atoms with E-state index in [1.165, 1.54) is 4.31 Å². The standard InChI is InChI=1S/C17H21ClN4O2S/c1-13-12-14(2)20-17(19-13)21-8-3-9-22(11-10-21)25(23,24)16-6-4-15(18)5-7-16/h4-7,12H,3,8-11H2,1-2H3. The van der Waals surface area contributed by atoms with Gasteiger partial charge in [-0.3, -0.25) is 0 Å². The Kier molecular flexibility index (Phi) is 5.27. The maximum Gasteiger partial charge on any atom is 0.243 e. The third-order valence-corrected chi connectivity index (χ3v) is 6.32. The Morgan fingerprint density at radius 1 is 0.960 bits per heavy atom. The molecule has 1 fully saturated rings. The first kappa shape index (κ1) is 18.1. The van der Waals surface area contributed by atoms with Gasteiger partial charge in [-0.05, 0) is 50.6 Å². The van der Waals surface area contributed by atoms with Gasteiger partial charge in [0.2, 0.25) is 16.0 Å². The summed E-state index contributed by atoms with van der Waals surface area (Å²) in [4.78, 5) is 11.3. The number of aromatic nitrogens is 2. The van der Waals surface area contributed by atoms with E-state index in [-0.39, 0.29) is 4.90 Å². The lowest BCUT2D eigenvalue weighted by Gasteiger charge is -2.22. The zero-order valence-corrected chi connectivity index (χ0v) is 15.9. The third kappa shape index (κ3) is 4.11. The molecule has 6 nitrogen and oxygen atoms in total. The number of anilines is 1. The summed E-state index contributed by atoms with van der Waals surface area (Å²) >= 11 is 5.86. The molecule has 1 aliphatic heterocycles. The molecule has 8 heteroatoms. The van der Waals surface area contributed by atoms with Gasteiger partial charge in [-0.15, -0.1) is 0 Å². The van der Waals surface area contributed by atoms with Crippen molar-refractivity contribution in [3.63, 3.8) is 0 Å². The summed E-state index contributed by atoms with van der Waals surface area (Å²) in [6.07, 6.45) is 0.725. The van der Waals surface area contributed by atoms with Crippen LogP contribution in [0.15, 0.2) is 35.2 Å². The van der Waals surface area contributed by atoms with Gasteiger partial charge in [0.25, 0.3) is 0 Å². The average molecular weight is 381 g/mol. The molecule has 2 heterocycles. The quantitative estimate of drug-likeness (QED) is 0.818. The zero-order valence-electron chi connectivity index (χ0n) is 14.3. The molecule has 0 unspecified atom stereocenters. The van der Waals surface area contributed by atoms with Crippen molar-refractivity contribution >= 4 is 27.6 Å². The number of sulfonamides is 1. The topological polar surface area (TPSA) is 66.4 Å². The van der Waals surface area contributed by atoms with E-state index in [1.807, 2.05) is 19.9 Å². The molecule has 0 spiro atoms. The maximum atomic E-state index is 12.8. The average Bonchev–Trinajstić information content (AvgIpc) is 2.81. The van der Waals surface area contributed by atoms with Crippen LogP contribution in [0.1, 0.15) is 17.8 Å². The van der Waals surface area contributed by atoms with Crippen LogP contribution in [-0.4, -0.2) is 48.9 Å². The Morgan fingerprint density at radius 2 is 1.60 bits per heavy atom. The monoisotopic (exact) mass is 380 g/mol. The molecule has 0 aliphatic carbocycles. The van der Waals surface area contributed by atoms with Gasteiger partial charge in [-0.2, -0.15) is 4.31 Å². The van der Waals surface area contributed by atoms with Crippen LogP contribution >= 0.6 is 11.6 Å². The molecule has 1 aliphatic rings. The second-order valence-corrected chi connectivity index (χ2v) is 8.52. The number of aryl methyl sites for hydroxylation is 2. The number of nitrogens with zero attached hydrogens (tertiary/aromatic N) is 4. The van der Waals surface area contributed by atoms with Crippen molar-refractivity contribution < 1.29 is 8.42 Å². The van der Waals surface area contributed by atoms with Crippen LogP contribution in [0.2, 0.25) is 5.02 Å². The van der Waals surface area contributed by atoms with Crippen molar-refractivity contribution in [2.24, 2.45) is 0 Å². The van der Waals surface area contributed by atoms with Crippen LogP contribution in [-0.2, 0) is 10.0 Å². The number of halogens is 1. The number of rotatable bonds is 3. The predicted octanol–water partition coefficient (Wildman–Crippen LogP) is 2.65.